The molecular weight excluding hydrogens is 404 g/mol. The molecule has 0 unspecified atom stereocenters. The molecule has 4 aromatic rings. The van der Waals surface area contributed by atoms with Crippen LogP contribution in [0.1, 0.15) is 21.6 Å². The molecule has 2 aromatic heterocycles. The first-order valence-electron chi connectivity index (χ1n) is 9.24. The molecule has 0 bridgehead atoms. The number of carbonyl (C=O) groups excluding carboxylic acids is 1. The van der Waals surface area contributed by atoms with E-state index in [-0.39, 0.29) is 18.4 Å². The van der Waals surface area contributed by atoms with Crippen molar-refractivity contribution in [1.82, 2.24) is 24.5 Å². The highest BCUT2D eigenvalue weighted by Crippen LogP contribution is 2.25. The monoisotopic (exact) mass is 422 g/mol. The highest BCUT2D eigenvalue weighted by Gasteiger charge is 2.13. The smallest absolute Gasteiger partial charge is 0.278 e. The number of rotatable bonds is 7. The van der Waals surface area contributed by atoms with Crippen LogP contribution in [0.4, 0.5) is 5.95 Å². The molecule has 0 aliphatic rings. The first kappa shape index (κ1) is 19.7. The van der Waals surface area contributed by atoms with Gasteiger partial charge in [0.25, 0.3) is 5.91 Å². The summed E-state index contributed by atoms with van der Waals surface area (Å²) in [5, 5.41) is 11.7. The van der Waals surface area contributed by atoms with E-state index in [9.17, 15) is 4.79 Å². The van der Waals surface area contributed by atoms with Gasteiger partial charge in [-0.2, -0.15) is 5.10 Å². The molecule has 0 atom stereocenters. The number of aromatic nitrogens is 5. The van der Waals surface area contributed by atoms with Gasteiger partial charge in [0.05, 0.1) is 11.6 Å². The largest absolute Gasteiger partial charge is 0.470 e. The third-order valence-corrected chi connectivity index (χ3v) is 4.57. The second-order valence-corrected chi connectivity index (χ2v) is 7.06. The average Bonchev–Trinajstić information content (AvgIpc) is 3.39. The Morgan fingerprint density at radius 1 is 1.10 bits per heavy atom. The lowest BCUT2D eigenvalue weighted by atomic mass is 10.2. The van der Waals surface area contributed by atoms with Crippen LogP contribution in [-0.4, -0.2) is 30.5 Å². The van der Waals surface area contributed by atoms with E-state index in [4.69, 9.17) is 16.3 Å². The van der Waals surface area contributed by atoms with E-state index in [1.807, 2.05) is 49.4 Å². The molecule has 1 amide bonds. The van der Waals surface area contributed by atoms with E-state index < -0.39 is 5.91 Å². The van der Waals surface area contributed by atoms with Gasteiger partial charge in [-0.1, -0.05) is 48.0 Å². The number of nitrogens with zero attached hydrogens (tertiary/aromatic N) is 5. The van der Waals surface area contributed by atoms with E-state index in [1.54, 1.807) is 29.3 Å². The molecule has 2 heterocycles. The molecule has 1 N–H and O–H groups in total. The van der Waals surface area contributed by atoms with Gasteiger partial charge in [-0.05, 0) is 36.2 Å². The van der Waals surface area contributed by atoms with Gasteiger partial charge in [0.15, 0.2) is 12.4 Å². The molecule has 9 heteroatoms. The SMILES string of the molecule is Cc1ccc(Cl)c(OCn2ccc(C(=O)Nc3ncn(Cc4ccccc4)n3)n2)c1. The summed E-state index contributed by atoms with van der Waals surface area (Å²) in [6.07, 6.45) is 3.22. The highest BCUT2D eigenvalue weighted by molar-refractivity contribution is 6.32. The predicted molar refractivity (Wildman–Crippen MR) is 113 cm³/mol. The number of benzene rings is 2. The molecule has 30 heavy (non-hydrogen) atoms. The topological polar surface area (TPSA) is 86.9 Å². The van der Waals surface area contributed by atoms with Gasteiger partial charge in [-0.25, -0.2) is 14.3 Å². The minimum Gasteiger partial charge on any atom is -0.470 e. The molecule has 2 aromatic carbocycles. The summed E-state index contributed by atoms with van der Waals surface area (Å²) in [4.78, 5) is 16.6. The maximum absolute atomic E-state index is 12.4. The maximum atomic E-state index is 12.4. The molecule has 0 aliphatic heterocycles. The maximum Gasteiger partial charge on any atom is 0.278 e. The summed E-state index contributed by atoms with van der Waals surface area (Å²) in [5.74, 6) is 0.374. The van der Waals surface area contributed by atoms with Gasteiger partial charge in [-0.3, -0.25) is 10.1 Å². The van der Waals surface area contributed by atoms with Gasteiger partial charge in [0.1, 0.15) is 12.1 Å². The van der Waals surface area contributed by atoms with Crippen LogP contribution in [0.25, 0.3) is 0 Å². The average molecular weight is 423 g/mol. The zero-order chi connectivity index (χ0) is 20.9. The summed E-state index contributed by atoms with van der Waals surface area (Å²) in [7, 11) is 0. The zero-order valence-electron chi connectivity index (χ0n) is 16.2. The van der Waals surface area contributed by atoms with Gasteiger partial charge in [-0.15, -0.1) is 5.10 Å². The van der Waals surface area contributed by atoms with E-state index in [0.29, 0.717) is 17.3 Å². The number of hydrogen-bond acceptors (Lipinski definition) is 5. The van der Waals surface area contributed by atoms with E-state index in [2.05, 4.69) is 20.5 Å². The number of nitrogens with one attached hydrogen (secondary N) is 1. The van der Waals surface area contributed by atoms with Crippen LogP contribution in [0, 0.1) is 6.92 Å². The van der Waals surface area contributed by atoms with Crippen molar-refractivity contribution in [3.8, 4) is 5.75 Å². The molecule has 0 aliphatic carbocycles. The Labute approximate surface area is 178 Å². The number of halogens is 1. The lowest BCUT2D eigenvalue weighted by Gasteiger charge is -2.08. The lowest BCUT2D eigenvalue weighted by Crippen LogP contribution is -2.15. The minimum atomic E-state index is -0.403. The Morgan fingerprint density at radius 3 is 2.77 bits per heavy atom. The number of ether oxygens (including phenoxy) is 1. The number of hydrogen-bond donors (Lipinski definition) is 1. The second kappa shape index (κ2) is 8.79. The van der Waals surface area contributed by atoms with Crippen molar-refractivity contribution in [3.63, 3.8) is 0 Å². The fourth-order valence-electron chi connectivity index (χ4n) is 2.78. The standard InChI is InChI=1S/C21H19ClN6O2/c1-15-7-8-17(22)19(11-15)30-14-27-10-9-18(25-27)20(29)24-21-23-13-28(26-21)12-16-5-3-2-4-6-16/h2-11,13H,12,14H2,1H3,(H,24,26,29). The molecule has 4 rings (SSSR count). The van der Waals surface area contributed by atoms with Gasteiger partial charge in [0.2, 0.25) is 5.95 Å². The third kappa shape index (κ3) is 4.84. The van der Waals surface area contributed by atoms with Crippen LogP contribution >= 0.6 is 11.6 Å². The van der Waals surface area contributed by atoms with E-state index in [1.165, 1.54) is 4.68 Å². The molecule has 152 valence electrons. The van der Waals surface area contributed by atoms with Crippen LogP contribution in [0.3, 0.4) is 0 Å². The van der Waals surface area contributed by atoms with Crippen molar-refractivity contribution >= 4 is 23.5 Å². The quantitative estimate of drug-likeness (QED) is 0.490. The van der Waals surface area contributed by atoms with Gasteiger partial charge in [0, 0.05) is 6.20 Å². The van der Waals surface area contributed by atoms with Crippen molar-refractivity contribution in [3.05, 3.63) is 89.0 Å². The first-order valence-corrected chi connectivity index (χ1v) is 9.62. The summed E-state index contributed by atoms with van der Waals surface area (Å²) in [6.45, 7) is 2.65. The Bertz CT molecular complexity index is 1160. The molecule has 0 radical (unpaired) electrons. The van der Waals surface area contributed by atoms with E-state index >= 15 is 0 Å². The van der Waals surface area contributed by atoms with Crippen LogP contribution in [0.2, 0.25) is 5.02 Å². The Morgan fingerprint density at radius 2 is 1.93 bits per heavy atom. The fourth-order valence-corrected chi connectivity index (χ4v) is 2.95. The Balaban J connectivity index is 1.34. The Kier molecular flexibility index (Phi) is 5.76. The summed E-state index contributed by atoms with van der Waals surface area (Å²) >= 11 is 6.13. The van der Waals surface area contributed by atoms with Crippen LogP contribution < -0.4 is 10.1 Å². The summed E-state index contributed by atoms with van der Waals surface area (Å²) in [6, 6.07) is 17.0. The number of carbonyl (C=O) groups is 1. The number of amides is 1. The molecule has 0 fully saturated rings. The lowest BCUT2D eigenvalue weighted by molar-refractivity contribution is 0.101. The first-order chi connectivity index (χ1) is 14.6. The second-order valence-electron chi connectivity index (χ2n) is 6.65. The van der Waals surface area contributed by atoms with Crippen molar-refractivity contribution in [2.45, 2.75) is 20.2 Å². The molecule has 0 spiro atoms. The van der Waals surface area contributed by atoms with Crippen LogP contribution in [0.5, 0.6) is 5.75 Å². The predicted octanol–water partition coefficient (Wildman–Crippen LogP) is 3.77. The van der Waals surface area contributed by atoms with Gasteiger partial charge < -0.3 is 4.74 Å². The van der Waals surface area contributed by atoms with Crippen molar-refractivity contribution in [2.24, 2.45) is 0 Å². The zero-order valence-corrected chi connectivity index (χ0v) is 17.0. The fraction of sp³-hybridized carbons (Fsp3) is 0.143. The number of anilines is 1. The van der Waals surface area contributed by atoms with Crippen molar-refractivity contribution < 1.29 is 9.53 Å². The molecule has 0 saturated carbocycles. The molecule has 0 saturated heterocycles. The summed E-state index contributed by atoms with van der Waals surface area (Å²) < 4.78 is 8.85. The van der Waals surface area contributed by atoms with E-state index in [0.717, 1.165) is 11.1 Å². The Hall–Kier alpha value is -3.65. The normalized spacial score (nSPS) is 10.7. The van der Waals surface area contributed by atoms with Crippen molar-refractivity contribution in [2.75, 3.05) is 5.32 Å². The number of aryl methyl sites for hydroxylation is 1. The summed E-state index contributed by atoms with van der Waals surface area (Å²) in [5.41, 5.74) is 2.36. The van der Waals surface area contributed by atoms with Crippen LogP contribution in [0.15, 0.2) is 67.1 Å². The molecular formula is C21H19ClN6O2. The van der Waals surface area contributed by atoms with Crippen LogP contribution in [-0.2, 0) is 13.3 Å². The highest BCUT2D eigenvalue weighted by atomic mass is 35.5. The van der Waals surface area contributed by atoms with Gasteiger partial charge >= 0.3 is 0 Å². The minimum absolute atomic E-state index is 0.125. The third-order valence-electron chi connectivity index (χ3n) is 4.26. The molecule has 8 nitrogen and oxygen atoms in total. The van der Waals surface area contributed by atoms with Crippen molar-refractivity contribution in [1.29, 1.82) is 0 Å².